The molecule has 1 N–H and O–H groups in total. The summed E-state index contributed by atoms with van der Waals surface area (Å²) < 4.78 is 0.189. The van der Waals surface area contributed by atoms with Gasteiger partial charge in [0.25, 0.3) is 0 Å². The summed E-state index contributed by atoms with van der Waals surface area (Å²) in [7, 11) is 2.08. The maximum absolute atomic E-state index is 11.9. The highest BCUT2D eigenvalue weighted by atomic mass is 16.4. The third-order valence-corrected chi connectivity index (χ3v) is 4.21. The van der Waals surface area contributed by atoms with Crippen LogP contribution in [0.2, 0.25) is 0 Å². The van der Waals surface area contributed by atoms with E-state index in [0.717, 1.165) is 13.1 Å². The number of hydrogen-bond acceptors (Lipinski definition) is 2. The number of carbonyl (C=O) groups is 1. The van der Waals surface area contributed by atoms with Crippen LogP contribution in [-0.2, 0) is 0 Å². The van der Waals surface area contributed by atoms with Crippen molar-refractivity contribution in [1.29, 1.82) is 0 Å². The van der Waals surface area contributed by atoms with Gasteiger partial charge in [-0.1, -0.05) is 13.8 Å². The zero-order valence-electron chi connectivity index (χ0n) is 12.0. The summed E-state index contributed by atoms with van der Waals surface area (Å²) in [5.41, 5.74) is -0.262. The quantitative estimate of drug-likeness (QED) is 0.718. The Morgan fingerprint density at radius 2 is 1.94 bits per heavy atom. The Labute approximate surface area is 105 Å². The van der Waals surface area contributed by atoms with Crippen LogP contribution >= 0.6 is 0 Å². The molecule has 0 aromatic carbocycles. The number of likely N-dealkylation sites (N-methyl/N-ethyl adjacent to an activating group) is 1. The van der Waals surface area contributed by atoms with Gasteiger partial charge in [0.15, 0.2) is 0 Å². The van der Waals surface area contributed by atoms with Gasteiger partial charge in [0, 0.05) is 12.5 Å². The smallest absolute Gasteiger partial charge is 0.435 e. The monoisotopic (exact) mass is 243 g/mol. The fraction of sp³-hybridized carbons (Fsp3) is 0.923. The van der Waals surface area contributed by atoms with Crippen molar-refractivity contribution < 1.29 is 14.4 Å². The summed E-state index contributed by atoms with van der Waals surface area (Å²) in [4.78, 5) is 14.1. The normalized spacial score (nSPS) is 31.8. The molecule has 0 saturated carbocycles. The van der Waals surface area contributed by atoms with E-state index in [4.69, 9.17) is 0 Å². The van der Waals surface area contributed by atoms with E-state index in [1.807, 2.05) is 20.8 Å². The van der Waals surface area contributed by atoms with Crippen LogP contribution in [0.25, 0.3) is 0 Å². The molecule has 1 heterocycles. The van der Waals surface area contributed by atoms with Crippen molar-refractivity contribution in [2.24, 2.45) is 5.92 Å². The Bertz CT molecular complexity index is 296. The lowest BCUT2D eigenvalue weighted by atomic mass is 9.89. The highest BCUT2D eigenvalue weighted by Crippen LogP contribution is 2.35. The average molecular weight is 243 g/mol. The zero-order valence-corrected chi connectivity index (χ0v) is 12.0. The third kappa shape index (κ3) is 2.33. The van der Waals surface area contributed by atoms with E-state index in [1.165, 1.54) is 0 Å². The third-order valence-electron chi connectivity index (χ3n) is 4.21. The Morgan fingerprint density at radius 3 is 2.29 bits per heavy atom. The first-order valence-electron chi connectivity index (χ1n) is 6.43. The van der Waals surface area contributed by atoms with Gasteiger partial charge in [0.2, 0.25) is 0 Å². The Kier molecular flexibility index (Phi) is 3.89. The minimum Gasteiger partial charge on any atom is -0.435 e. The van der Waals surface area contributed by atoms with Crippen molar-refractivity contribution in [3.8, 4) is 0 Å². The molecule has 17 heavy (non-hydrogen) atoms. The van der Waals surface area contributed by atoms with Crippen molar-refractivity contribution in [2.45, 2.75) is 46.2 Å². The van der Waals surface area contributed by atoms with Crippen LogP contribution in [0.15, 0.2) is 0 Å². The van der Waals surface area contributed by atoms with E-state index >= 15 is 0 Å². The van der Waals surface area contributed by atoms with Crippen LogP contribution in [0.5, 0.6) is 0 Å². The molecule has 2 atom stereocenters. The molecule has 0 aromatic heterocycles. The van der Waals surface area contributed by atoms with Crippen molar-refractivity contribution in [3.05, 3.63) is 0 Å². The molecule has 1 fully saturated rings. The molecular weight excluding hydrogens is 216 g/mol. The van der Waals surface area contributed by atoms with Gasteiger partial charge in [0.05, 0.1) is 6.54 Å². The zero-order chi connectivity index (χ0) is 13.4. The minimum absolute atomic E-state index is 0.159. The van der Waals surface area contributed by atoms with Crippen molar-refractivity contribution >= 4 is 6.09 Å². The maximum atomic E-state index is 11.9. The second kappa shape index (κ2) is 4.58. The summed E-state index contributed by atoms with van der Waals surface area (Å²) >= 11 is 0. The lowest BCUT2D eigenvalue weighted by molar-refractivity contribution is -0.934. The molecule has 1 aliphatic rings. The Balaban J connectivity index is 3.22. The van der Waals surface area contributed by atoms with Crippen molar-refractivity contribution in [3.63, 3.8) is 0 Å². The van der Waals surface area contributed by atoms with E-state index in [-0.39, 0.29) is 16.1 Å². The van der Waals surface area contributed by atoms with Crippen LogP contribution < -0.4 is 0 Å². The fourth-order valence-corrected chi connectivity index (χ4v) is 3.12. The first-order chi connectivity index (χ1) is 7.63. The Morgan fingerprint density at radius 1 is 1.41 bits per heavy atom. The molecular formula is C13H27N2O2+. The highest BCUT2D eigenvalue weighted by Gasteiger charge is 2.56. The minimum atomic E-state index is -0.677. The van der Waals surface area contributed by atoms with E-state index in [1.54, 1.807) is 0 Å². The summed E-state index contributed by atoms with van der Waals surface area (Å²) in [6.07, 6.45) is -0.677. The number of hydrogen-bond donors (Lipinski definition) is 1. The predicted molar refractivity (Wildman–Crippen MR) is 69.0 cm³/mol. The van der Waals surface area contributed by atoms with E-state index < -0.39 is 6.09 Å². The molecule has 1 saturated heterocycles. The number of piperazine rings is 1. The second-order valence-corrected chi connectivity index (χ2v) is 6.62. The second-order valence-electron chi connectivity index (χ2n) is 6.62. The number of carboxylic acid groups (broad SMARTS) is 1. The van der Waals surface area contributed by atoms with Gasteiger partial charge in [-0.2, -0.15) is 4.79 Å². The highest BCUT2D eigenvalue weighted by molar-refractivity contribution is 5.58. The maximum Gasteiger partial charge on any atom is 0.514 e. The van der Waals surface area contributed by atoms with Crippen LogP contribution in [0.1, 0.15) is 34.6 Å². The first kappa shape index (κ1) is 14.5. The molecule has 1 rings (SSSR count). The molecule has 1 unspecified atom stereocenters. The lowest BCUT2D eigenvalue weighted by Gasteiger charge is -2.54. The number of amides is 1. The van der Waals surface area contributed by atoms with Crippen molar-refractivity contribution in [2.75, 3.05) is 26.7 Å². The number of rotatable bonds is 1. The van der Waals surface area contributed by atoms with Gasteiger partial charge in [-0.25, -0.2) is 4.48 Å². The molecule has 0 spiro atoms. The van der Waals surface area contributed by atoms with Gasteiger partial charge in [-0.05, 0) is 27.8 Å². The van der Waals surface area contributed by atoms with E-state index in [9.17, 15) is 9.90 Å². The molecule has 100 valence electrons. The van der Waals surface area contributed by atoms with E-state index in [2.05, 4.69) is 25.8 Å². The van der Waals surface area contributed by atoms with Gasteiger partial charge >= 0.3 is 6.09 Å². The van der Waals surface area contributed by atoms with Gasteiger partial charge in [-0.15, -0.1) is 0 Å². The average Bonchev–Trinajstić information content (AvgIpc) is 2.14. The Hall–Kier alpha value is -0.610. The summed E-state index contributed by atoms with van der Waals surface area (Å²) in [5.74, 6) is 0.369. The fourth-order valence-electron chi connectivity index (χ4n) is 3.12. The summed E-state index contributed by atoms with van der Waals surface area (Å²) in [5, 5.41) is 9.78. The number of nitrogens with zero attached hydrogens (tertiary/aromatic N) is 2. The molecule has 4 heteroatoms. The number of quaternary nitrogens is 1. The van der Waals surface area contributed by atoms with Crippen LogP contribution in [0.4, 0.5) is 4.79 Å². The molecule has 0 aliphatic carbocycles. The van der Waals surface area contributed by atoms with Crippen LogP contribution in [0.3, 0.4) is 0 Å². The predicted octanol–water partition coefficient (Wildman–Crippen LogP) is 2.25. The molecule has 1 aliphatic heterocycles. The standard InChI is InChI=1S/C13H26N2O2/c1-10(2)11-9-14(6)7-8-15(11,12(16)17)13(3,4)5/h10-11H,7-9H2,1-6H3/p+1/t11-,15?/m1/s1. The molecule has 4 nitrogen and oxygen atoms in total. The SMILES string of the molecule is CC(C)[C@H]1CN(C)CC[N+]1(C(=O)O)C(C)(C)C. The molecule has 0 aromatic rings. The molecule has 1 amide bonds. The lowest BCUT2D eigenvalue weighted by Crippen LogP contribution is -2.75. The molecule has 0 bridgehead atoms. The van der Waals surface area contributed by atoms with Gasteiger partial charge in [-0.3, -0.25) is 4.90 Å². The summed E-state index contributed by atoms with van der Waals surface area (Å²) in [6.45, 7) is 12.8. The van der Waals surface area contributed by atoms with E-state index in [0.29, 0.717) is 12.5 Å². The van der Waals surface area contributed by atoms with Gasteiger partial charge < -0.3 is 5.11 Å². The van der Waals surface area contributed by atoms with Crippen LogP contribution in [-0.4, -0.2) is 58.8 Å². The van der Waals surface area contributed by atoms with Crippen molar-refractivity contribution in [1.82, 2.24) is 4.90 Å². The topological polar surface area (TPSA) is 40.5 Å². The largest absolute Gasteiger partial charge is 0.514 e. The summed E-state index contributed by atoms with van der Waals surface area (Å²) in [6, 6.07) is 0.159. The van der Waals surface area contributed by atoms with Crippen LogP contribution in [0, 0.1) is 5.92 Å². The molecule has 0 radical (unpaired) electrons. The van der Waals surface area contributed by atoms with Gasteiger partial charge in [0.1, 0.15) is 18.1 Å². The first-order valence-corrected chi connectivity index (χ1v) is 6.43.